The van der Waals surface area contributed by atoms with Crippen LogP contribution in [0.2, 0.25) is 0 Å². The summed E-state index contributed by atoms with van der Waals surface area (Å²) in [7, 11) is 0. The van der Waals surface area contributed by atoms with Crippen molar-refractivity contribution in [1.82, 2.24) is 0 Å². The second-order valence-corrected chi connectivity index (χ2v) is 4.84. The summed E-state index contributed by atoms with van der Waals surface area (Å²) in [4.78, 5) is 22.3. The van der Waals surface area contributed by atoms with Crippen LogP contribution in [-0.4, -0.2) is 23.1 Å². The summed E-state index contributed by atoms with van der Waals surface area (Å²) in [5.41, 5.74) is 0.0819. The minimum Gasteiger partial charge on any atom is -0.481 e. The van der Waals surface area contributed by atoms with Gasteiger partial charge in [-0.2, -0.15) is 0 Å². The molecule has 0 saturated carbocycles. The fourth-order valence-corrected chi connectivity index (χ4v) is 2.29. The summed E-state index contributed by atoms with van der Waals surface area (Å²) in [6.45, 7) is 5.67. The molecule has 2 atom stereocenters. The molecule has 1 aliphatic rings. The van der Waals surface area contributed by atoms with Crippen LogP contribution >= 0.6 is 0 Å². The molecule has 1 fully saturated rings. The molecule has 0 aromatic carbocycles. The molecule has 1 heterocycles. The van der Waals surface area contributed by atoms with Crippen molar-refractivity contribution >= 4 is 11.9 Å². The molecule has 0 radical (unpaired) electrons. The summed E-state index contributed by atoms with van der Waals surface area (Å²) >= 11 is 0. The quantitative estimate of drug-likeness (QED) is 0.411. The van der Waals surface area contributed by atoms with E-state index in [4.69, 9.17) is 9.84 Å². The van der Waals surface area contributed by atoms with E-state index in [0.29, 0.717) is 6.42 Å². The third-order valence-corrected chi connectivity index (χ3v) is 3.38. The highest BCUT2D eigenvalue weighted by atomic mass is 16.6. The summed E-state index contributed by atoms with van der Waals surface area (Å²) in [6, 6.07) is 0. The van der Waals surface area contributed by atoms with Gasteiger partial charge >= 0.3 is 11.9 Å². The van der Waals surface area contributed by atoms with Gasteiger partial charge in [0.1, 0.15) is 12.0 Å². The number of carbonyl (C=O) groups is 2. The lowest BCUT2D eigenvalue weighted by atomic mass is 9.93. The second-order valence-electron chi connectivity index (χ2n) is 4.84. The van der Waals surface area contributed by atoms with Crippen molar-refractivity contribution in [3.63, 3.8) is 0 Å². The van der Waals surface area contributed by atoms with Gasteiger partial charge in [-0.25, -0.2) is 4.79 Å². The Morgan fingerprint density at radius 3 is 2.50 bits per heavy atom. The summed E-state index contributed by atoms with van der Waals surface area (Å²) in [6.07, 6.45) is 6.89. The minimum absolute atomic E-state index is 0.0819. The molecule has 0 spiro atoms. The molecular formula is C14H22O4. The zero-order valence-corrected chi connectivity index (χ0v) is 11.0. The van der Waals surface area contributed by atoms with Gasteiger partial charge in [-0.3, -0.25) is 4.79 Å². The fourth-order valence-electron chi connectivity index (χ4n) is 2.29. The van der Waals surface area contributed by atoms with Gasteiger partial charge in [0, 0.05) is 5.57 Å². The molecule has 1 N–H and O–H groups in total. The highest BCUT2D eigenvalue weighted by Crippen LogP contribution is 2.30. The molecule has 1 saturated heterocycles. The number of unbranched alkanes of at least 4 members (excludes halogenated alkanes) is 5. The highest BCUT2D eigenvalue weighted by molar-refractivity contribution is 5.97. The van der Waals surface area contributed by atoms with E-state index in [1.807, 2.05) is 0 Å². The molecule has 0 amide bonds. The number of rotatable bonds is 8. The first-order valence-electron chi connectivity index (χ1n) is 6.70. The number of carboxylic acid groups (broad SMARTS) is 1. The Bertz CT molecular complexity index is 322. The number of carboxylic acids is 1. The Labute approximate surface area is 108 Å². The molecule has 0 bridgehead atoms. The van der Waals surface area contributed by atoms with Gasteiger partial charge in [0.2, 0.25) is 0 Å². The zero-order valence-electron chi connectivity index (χ0n) is 11.0. The lowest BCUT2D eigenvalue weighted by molar-refractivity contribution is -0.144. The van der Waals surface area contributed by atoms with Crippen molar-refractivity contribution in [3.05, 3.63) is 12.2 Å². The maximum atomic E-state index is 11.3. The van der Waals surface area contributed by atoms with Crippen molar-refractivity contribution in [2.75, 3.05) is 0 Å². The number of hydrogen-bond acceptors (Lipinski definition) is 3. The largest absolute Gasteiger partial charge is 0.481 e. The van der Waals surface area contributed by atoms with E-state index in [9.17, 15) is 9.59 Å². The van der Waals surface area contributed by atoms with Crippen molar-refractivity contribution in [2.45, 2.75) is 58.0 Å². The smallest absolute Gasteiger partial charge is 0.334 e. The van der Waals surface area contributed by atoms with Crippen LogP contribution in [0, 0.1) is 5.92 Å². The lowest BCUT2D eigenvalue weighted by Crippen LogP contribution is -2.24. The predicted molar refractivity (Wildman–Crippen MR) is 68.1 cm³/mol. The van der Waals surface area contributed by atoms with Gasteiger partial charge < -0.3 is 9.84 Å². The Balaban J connectivity index is 2.30. The Morgan fingerprint density at radius 2 is 1.89 bits per heavy atom. The summed E-state index contributed by atoms with van der Waals surface area (Å²) in [5, 5.41) is 9.05. The molecule has 0 aromatic rings. The van der Waals surface area contributed by atoms with Gasteiger partial charge in [0.15, 0.2) is 0 Å². The SMILES string of the molecule is C=C1C(=O)O[C@@H](CCCCCCCC)[C@H]1C(=O)O. The third kappa shape index (κ3) is 3.86. The number of ether oxygens (including phenoxy) is 1. The number of hydrogen-bond donors (Lipinski definition) is 1. The summed E-state index contributed by atoms with van der Waals surface area (Å²) in [5.74, 6) is -2.42. The molecule has 0 aromatic heterocycles. The first kappa shape index (κ1) is 14.7. The molecule has 1 rings (SSSR count). The molecular weight excluding hydrogens is 232 g/mol. The number of esters is 1. The van der Waals surface area contributed by atoms with Gasteiger partial charge in [0.25, 0.3) is 0 Å². The van der Waals surface area contributed by atoms with Crippen molar-refractivity contribution in [2.24, 2.45) is 5.92 Å². The maximum absolute atomic E-state index is 11.3. The Morgan fingerprint density at radius 1 is 1.28 bits per heavy atom. The van der Waals surface area contributed by atoms with Gasteiger partial charge in [-0.05, 0) is 12.8 Å². The van der Waals surface area contributed by atoms with Crippen LogP contribution < -0.4 is 0 Å². The van der Waals surface area contributed by atoms with Crippen molar-refractivity contribution < 1.29 is 19.4 Å². The average molecular weight is 254 g/mol. The molecule has 0 aliphatic carbocycles. The third-order valence-electron chi connectivity index (χ3n) is 3.38. The predicted octanol–water partition coefficient (Wildman–Crippen LogP) is 2.92. The first-order chi connectivity index (χ1) is 8.57. The molecule has 1 aliphatic heterocycles. The van der Waals surface area contributed by atoms with Gasteiger partial charge in [0.05, 0.1) is 0 Å². The van der Waals surface area contributed by atoms with E-state index in [-0.39, 0.29) is 5.57 Å². The molecule has 102 valence electrons. The summed E-state index contributed by atoms with van der Waals surface area (Å²) < 4.78 is 5.06. The standard InChI is InChI=1S/C14H22O4/c1-3-4-5-6-7-8-9-11-12(13(15)16)10(2)14(17)18-11/h11-12H,2-9H2,1H3,(H,15,16)/t11-,12-/m0/s1. The van der Waals surface area contributed by atoms with E-state index in [1.165, 1.54) is 19.3 Å². The molecule has 0 unspecified atom stereocenters. The van der Waals surface area contributed by atoms with Crippen molar-refractivity contribution in [3.8, 4) is 0 Å². The minimum atomic E-state index is -1.01. The van der Waals surface area contributed by atoms with Crippen LogP contribution in [0.25, 0.3) is 0 Å². The van der Waals surface area contributed by atoms with E-state index < -0.39 is 24.0 Å². The van der Waals surface area contributed by atoms with E-state index >= 15 is 0 Å². The van der Waals surface area contributed by atoms with Crippen LogP contribution in [0.5, 0.6) is 0 Å². The normalized spacial score (nSPS) is 23.2. The topological polar surface area (TPSA) is 63.6 Å². The van der Waals surface area contributed by atoms with E-state index in [2.05, 4.69) is 13.5 Å². The van der Waals surface area contributed by atoms with E-state index in [1.54, 1.807) is 0 Å². The fraction of sp³-hybridized carbons (Fsp3) is 0.714. The molecule has 18 heavy (non-hydrogen) atoms. The van der Waals surface area contributed by atoms with Gasteiger partial charge in [-0.15, -0.1) is 0 Å². The second kappa shape index (κ2) is 7.19. The van der Waals surface area contributed by atoms with Crippen LogP contribution in [-0.2, 0) is 14.3 Å². The van der Waals surface area contributed by atoms with E-state index in [0.717, 1.165) is 19.3 Å². The van der Waals surface area contributed by atoms with Crippen molar-refractivity contribution in [1.29, 1.82) is 0 Å². The van der Waals surface area contributed by atoms with Crippen LogP contribution in [0.3, 0.4) is 0 Å². The Hall–Kier alpha value is -1.32. The van der Waals surface area contributed by atoms with Crippen LogP contribution in [0.4, 0.5) is 0 Å². The first-order valence-corrected chi connectivity index (χ1v) is 6.70. The zero-order chi connectivity index (χ0) is 13.5. The lowest BCUT2D eigenvalue weighted by Gasteiger charge is -2.13. The maximum Gasteiger partial charge on any atom is 0.334 e. The highest BCUT2D eigenvalue weighted by Gasteiger charge is 2.42. The molecule has 4 heteroatoms. The number of carbonyl (C=O) groups excluding carboxylic acids is 1. The Kier molecular flexibility index (Phi) is 5.89. The van der Waals surface area contributed by atoms with Crippen LogP contribution in [0.1, 0.15) is 51.9 Å². The van der Waals surface area contributed by atoms with Gasteiger partial charge in [-0.1, -0.05) is 45.6 Å². The number of aliphatic carboxylic acids is 1. The number of cyclic esters (lactones) is 1. The van der Waals surface area contributed by atoms with Crippen LogP contribution in [0.15, 0.2) is 12.2 Å². The average Bonchev–Trinajstić information content (AvgIpc) is 2.59. The monoisotopic (exact) mass is 254 g/mol. The molecule has 4 nitrogen and oxygen atoms in total.